The molecule has 1 aromatic heterocycles. The molecule has 1 saturated heterocycles. The van der Waals surface area contributed by atoms with Gasteiger partial charge < -0.3 is 20.3 Å². The third kappa shape index (κ3) is 6.75. The van der Waals surface area contributed by atoms with E-state index >= 15 is 0 Å². The predicted octanol–water partition coefficient (Wildman–Crippen LogP) is 1.95. The number of esters is 1. The van der Waals surface area contributed by atoms with Crippen LogP contribution in [0.2, 0.25) is 0 Å². The van der Waals surface area contributed by atoms with E-state index in [2.05, 4.69) is 20.5 Å². The van der Waals surface area contributed by atoms with Crippen molar-refractivity contribution in [1.82, 2.24) is 15.5 Å². The van der Waals surface area contributed by atoms with Gasteiger partial charge in [0.25, 0.3) is 5.91 Å². The quantitative estimate of drug-likeness (QED) is 0.208. The highest BCUT2D eigenvalue weighted by atomic mass is 127. The van der Waals surface area contributed by atoms with Crippen molar-refractivity contribution in [2.45, 2.75) is 19.3 Å². The lowest BCUT2D eigenvalue weighted by atomic mass is 9.97. The molecule has 1 fully saturated rings. The van der Waals surface area contributed by atoms with Gasteiger partial charge in [-0.3, -0.25) is 14.6 Å². The molecular weight excluding hydrogens is 467 g/mol. The molecule has 0 aromatic carbocycles. The Balaban J connectivity index is 0.00000338. The van der Waals surface area contributed by atoms with Crippen LogP contribution in [0.15, 0.2) is 22.5 Å². The maximum Gasteiger partial charge on any atom is 0.308 e. The Morgan fingerprint density at radius 1 is 1.31 bits per heavy atom. The van der Waals surface area contributed by atoms with Crippen molar-refractivity contribution in [3.8, 4) is 0 Å². The van der Waals surface area contributed by atoms with Gasteiger partial charge in [-0.1, -0.05) is 6.07 Å². The summed E-state index contributed by atoms with van der Waals surface area (Å²) in [5.41, 5.74) is 0. The number of hydrogen-bond donors (Lipinski definition) is 2. The van der Waals surface area contributed by atoms with Gasteiger partial charge in [0.15, 0.2) is 5.96 Å². The Morgan fingerprint density at radius 3 is 2.58 bits per heavy atom. The Kier molecular flexibility index (Phi) is 10.6. The molecule has 26 heavy (non-hydrogen) atoms. The first-order valence-corrected chi connectivity index (χ1v) is 9.38. The van der Waals surface area contributed by atoms with Crippen molar-refractivity contribution in [3.63, 3.8) is 0 Å². The van der Waals surface area contributed by atoms with Gasteiger partial charge in [-0.2, -0.15) is 0 Å². The fourth-order valence-electron chi connectivity index (χ4n) is 2.81. The van der Waals surface area contributed by atoms with Crippen LogP contribution in [0.5, 0.6) is 0 Å². The number of thiophene rings is 1. The molecule has 7 nitrogen and oxygen atoms in total. The molecule has 2 N–H and O–H groups in total. The molecule has 146 valence electrons. The number of guanidine groups is 1. The van der Waals surface area contributed by atoms with Gasteiger partial charge in [-0.15, -0.1) is 35.3 Å². The van der Waals surface area contributed by atoms with Crippen LogP contribution in [0.1, 0.15) is 28.9 Å². The third-order valence-corrected chi connectivity index (χ3v) is 5.08. The standard InChI is InChI=1S/C17H26N4O3S.HI/c1-18-17(21-10-6-13(7-11-21)16(23)24-2)20-9-4-8-19-15(22)14-5-3-12-25-14;/h3,5,12-13H,4,6-11H2,1-2H3,(H,18,20)(H,19,22);1H. The molecule has 9 heteroatoms. The van der Waals surface area contributed by atoms with E-state index in [9.17, 15) is 9.59 Å². The van der Waals surface area contributed by atoms with E-state index in [0.717, 1.165) is 49.7 Å². The van der Waals surface area contributed by atoms with Gasteiger partial charge in [-0.05, 0) is 30.7 Å². The Morgan fingerprint density at radius 2 is 2.00 bits per heavy atom. The molecule has 1 aliphatic rings. The lowest BCUT2D eigenvalue weighted by Crippen LogP contribution is -2.47. The molecule has 0 spiro atoms. The molecule has 0 unspecified atom stereocenters. The Hall–Kier alpha value is -1.36. The molecule has 1 aromatic rings. The number of carbonyl (C=O) groups excluding carboxylic acids is 2. The van der Waals surface area contributed by atoms with Crippen molar-refractivity contribution >= 4 is 53.1 Å². The fourth-order valence-corrected chi connectivity index (χ4v) is 3.45. The second kappa shape index (κ2) is 12.1. The summed E-state index contributed by atoms with van der Waals surface area (Å²) < 4.78 is 4.81. The summed E-state index contributed by atoms with van der Waals surface area (Å²) in [7, 11) is 3.19. The molecule has 1 amide bonds. The highest BCUT2D eigenvalue weighted by Gasteiger charge is 2.26. The number of carbonyl (C=O) groups is 2. The van der Waals surface area contributed by atoms with Gasteiger partial charge in [0.05, 0.1) is 17.9 Å². The minimum Gasteiger partial charge on any atom is -0.469 e. The van der Waals surface area contributed by atoms with Crippen molar-refractivity contribution in [2.24, 2.45) is 10.9 Å². The number of nitrogens with one attached hydrogen (secondary N) is 2. The van der Waals surface area contributed by atoms with Crippen LogP contribution in [0.4, 0.5) is 0 Å². The monoisotopic (exact) mass is 494 g/mol. The third-order valence-electron chi connectivity index (χ3n) is 4.21. The van der Waals surface area contributed by atoms with Crippen LogP contribution >= 0.6 is 35.3 Å². The van der Waals surface area contributed by atoms with Crippen molar-refractivity contribution in [3.05, 3.63) is 22.4 Å². The summed E-state index contributed by atoms with van der Waals surface area (Å²) >= 11 is 1.44. The summed E-state index contributed by atoms with van der Waals surface area (Å²) in [4.78, 5) is 30.6. The van der Waals surface area contributed by atoms with Gasteiger partial charge in [0, 0.05) is 33.2 Å². The molecule has 0 bridgehead atoms. The Bertz CT molecular complexity index is 587. The Labute approximate surface area is 175 Å². The van der Waals surface area contributed by atoms with Gasteiger partial charge >= 0.3 is 5.97 Å². The van der Waals surface area contributed by atoms with E-state index in [-0.39, 0.29) is 41.8 Å². The smallest absolute Gasteiger partial charge is 0.308 e. The number of aliphatic imine (C=N–C) groups is 1. The normalized spacial score (nSPS) is 15.2. The van der Waals surface area contributed by atoms with Crippen LogP contribution in [-0.4, -0.2) is 63.1 Å². The first-order valence-electron chi connectivity index (χ1n) is 8.50. The number of likely N-dealkylation sites (tertiary alicyclic amines) is 1. The van der Waals surface area contributed by atoms with E-state index < -0.39 is 0 Å². The summed E-state index contributed by atoms with van der Waals surface area (Å²) in [6, 6.07) is 3.69. The zero-order chi connectivity index (χ0) is 18.1. The van der Waals surface area contributed by atoms with E-state index in [4.69, 9.17) is 4.74 Å². The fraction of sp³-hybridized carbons (Fsp3) is 0.588. The number of hydrogen-bond acceptors (Lipinski definition) is 5. The topological polar surface area (TPSA) is 83.0 Å². The zero-order valence-corrected chi connectivity index (χ0v) is 18.3. The summed E-state index contributed by atoms with van der Waals surface area (Å²) in [5, 5.41) is 8.12. The second-order valence-electron chi connectivity index (χ2n) is 5.85. The zero-order valence-electron chi connectivity index (χ0n) is 15.2. The average Bonchev–Trinajstić information content (AvgIpc) is 3.19. The lowest BCUT2D eigenvalue weighted by molar-refractivity contribution is -0.146. The van der Waals surface area contributed by atoms with Crippen LogP contribution in [-0.2, 0) is 9.53 Å². The van der Waals surface area contributed by atoms with Crippen LogP contribution in [0.3, 0.4) is 0 Å². The molecule has 0 saturated carbocycles. The number of nitrogens with zero attached hydrogens (tertiary/aromatic N) is 2. The molecule has 2 rings (SSSR count). The molecule has 0 aliphatic carbocycles. The summed E-state index contributed by atoms with van der Waals surface area (Å²) in [6.45, 7) is 2.92. The van der Waals surface area contributed by atoms with E-state index in [0.29, 0.717) is 6.54 Å². The average molecular weight is 494 g/mol. The highest BCUT2D eigenvalue weighted by Crippen LogP contribution is 2.18. The molecule has 1 aliphatic heterocycles. The molecular formula is C17H27IN4O3S. The van der Waals surface area contributed by atoms with Gasteiger partial charge in [0.1, 0.15) is 0 Å². The number of amides is 1. The number of methoxy groups -OCH3 is 1. The number of rotatable bonds is 6. The maximum atomic E-state index is 11.8. The SMILES string of the molecule is CN=C(NCCCNC(=O)c1cccs1)N1CCC(C(=O)OC)CC1.I. The van der Waals surface area contributed by atoms with Crippen LogP contribution < -0.4 is 10.6 Å². The maximum absolute atomic E-state index is 11.8. The summed E-state index contributed by atoms with van der Waals surface area (Å²) in [6.07, 6.45) is 2.38. The minimum atomic E-state index is -0.121. The molecule has 2 heterocycles. The highest BCUT2D eigenvalue weighted by molar-refractivity contribution is 14.0. The van der Waals surface area contributed by atoms with Gasteiger partial charge in [-0.25, -0.2) is 0 Å². The second-order valence-corrected chi connectivity index (χ2v) is 6.79. The van der Waals surface area contributed by atoms with Crippen molar-refractivity contribution < 1.29 is 14.3 Å². The largest absolute Gasteiger partial charge is 0.469 e. The molecule has 0 atom stereocenters. The number of ether oxygens (including phenoxy) is 1. The molecule has 0 radical (unpaired) electrons. The van der Waals surface area contributed by atoms with Crippen LogP contribution in [0, 0.1) is 5.92 Å². The predicted molar refractivity (Wildman–Crippen MR) is 114 cm³/mol. The minimum absolute atomic E-state index is 0. The van der Waals surface area contributed by atoms with Gasteiger partial charge in [0.2, 0.25) is 0 Å². The van der Waals surface area contributed by atoms with E-state index in [1.807, 2.05) is 17.5 Å². The number of halogens is 1. The van der Waals surface area contributed by atoms with E-state index in [1.165, 1.54) is 18.4 Å². The van der Waals surface area contributed by atoms with E-state index in [1.54, 1.807) is 7.05 Å². The van der Waals surface area contributed by atoms with Crippen molar-refractivity contribution in [1.29, 1.82) is 0 Å². The van der Waals surface area contributed by atoms with Crippen LogP contribution in [0.25, 0.3) is 0 Å². The number of piperidine rings is 1. The summed E-state index contributed by atoms with van der Waals surface area (Å²) in [5.74, 6) is 0.688. The first kappa shape index (κ1) is 22.7. The lowest BCUT2D eigenvalue weighted by Gasteiger charge is -2.33. The van der Waals surface area contributed by atoms with Crippen molar-refractivity contribution in [2.75, 3.05) is 40.3 Å². The first-order chi connectivity index (χ1) is 12.2.